The number of halogens is 3. The van der Waals surface area contributed by atoms with Crippen molar-refractivity contribution in [2.24, 2.45) is 15.3 Å². The largest absolute Gasteiger partial charge is 0.283 e. The lowest BCUT2D eigenvalue weighted by Crippen LogP contribution is -2.16. The minimum Gasteiger partial charge on any atom is -0.283 e. The molecule has 1 aromatic heterocycles. The van der Waals surface area contributed by atoms with Gasteiger partial charge in [0.1, 0.15) is 11.6 Å². The normalized spacial score (nSPS) is 11.4. The molecular formula is C24H14Cl3N7O. The van der Waals surface area contributed by atoms with Crippen LogP contribution in [0, 0.1) is 11.3 Å². The van der Waals surface area contributed by atoms with Gasteiger partial charge in [-0.15, -0.1) is 15.3 Å². The summed E-state index contributed by atoms with van der Waals surface area (Å²) in [5.74, 6) is -1.01. The number of hydrogen-bond donors (Lipinski definition) is 1. The predicted molar refractivity (Wildman–Crippen MR) is 136 cm³/mol. The summed E-state index contributed by atoms with van der Waals surface area (Å²) in [7, 11) is 0. The van der Waals surface area contributed by atoms with E-state index in [1.165, 1.54) is 10.9 Å². The number of nitriles is 1. The molecule has 0 aliphatic carbocycles. The molecule has 1 N–H and O–H groups in total. The maximum Gasteiger partial charge on any atom is 0.255 e. The minimum absolute atomic E-state index is 0.0471. The number of hydrogen-bond acceptors (Lipinski definition) is 6. The Morgan fingerprint density at radius 2 is 1.46 bits per heavy atom. The number of nitrogens with one attached hydrogen (secondary N) is 1. The average Bonchev–Trinajstić information content (AvgIpc) is 3.31. The topological polar surface area (TPSA) is 108 Å². The van der Waals surface area contributed by atoms with Gasteiger partial charge < -0.3 is 0 Å². The zero-order valence-corrected chi connectivity index (χ0v) is 20.0. The number of nitrogens with zero attached hydrogens (tertiary/aromatic N) is 6. The maximum absolute atomic E-state index is 13.4. The monoisotopic (exact) mass is 521 g/mol. The molecule has 11 heteroatoms. The Kier molecular flexibility index (Phi) is 7.53. The summed E-state index contributed by atoms with van der Waals surface area (Å²) in [6.45, 7) is 0. The zero-order chi connectivity index (χ0) is 24.8. The summed E-state index contributed by atoms with van der Waals surface area (Å²) in [4.78, 5) is 13.4. The van der Waals surface area contributed by atoms with Crippen LogP contribution < -0.4 is 5.43 Å². The number of hydrazone groups is 1. The molecule has 0 unspecified atom stereocenters. The first-order valence-corrected chi connectivity index (χ1v) is 11.1. The Morgan fingerprint density at radius 3 is 2.06 bits per heavy atom. The summed E-state index contributed by atoms with van der Waals surface area (Å²) in [5, 5.41) is 27.7. The molecule has 0 atom stereocenters. The quantitative estimate of drug-likeness (QED) is 0.0958. The Hall–Kier alpha value is -4.03. The molecule has 0 bridgehead atoms. The SMILES string of the molecule is N#Cc1cn(-c2ccc(Cl)cc2)nc1C(=O)/C(N=Nc1ccc(Cl)cc1)=N/Nc1ccc(Cl)cc1. The van der Waals surface area contributed by atoms with E-state index in [4.69, 9.17) is 34.8 Å². The van der Waals surface area contributed by atoms with Crippen LogP contribution in [-0.2, 0) is 0 Å². The lowest BCUT2D eigenvalue weighted by Gasteiger charge is -2.03. The van der Waals surface area contributed by atoms with Crippen LogP contribution in [0.2, 0.25) is 15.1 Å². The average molecular weight is 523 g/mol. The van der Waals surface area contributed by atoms with Crippen LogP contribution in [0.25, 0.3) is 5.69 Å². The summed E-state index contributed by atoms with van der Waals surface area (Å²) in [6.07, 6.45) is 1.44. The molecule has 3 aromatic carbocycles. The van der Waals surface area contributed by atoms with Crippen LogP contribution in [-0.4, -0.2) is 21.4 Å². The fraction of sp³-hybridized carbons (Fsp3) is 0. The lowest BCUT2D eigenvalue weighted by atomic mass is 10.2. The van der Waals surface area contributed by atoms with E-state index in [0.717, 1.165) is 0 Å². The third-order valence-corrected chi connectivity index (χ3v) is 5.32. The highest BCUT2D eigenvalue weighted by atomic mass is 35.5. The second-order valence-electron chi connectivity index (χ2n) is 6.98. The number of amidine groups is 1. The van der Waals surface area contributed by atoms with Crippen molar-refractivity contribution in [3.8, 4) is 11.8 Å². The fourth-order valence-corrected chi connectivity index (χ4v) is 3.21. The van der Waals surface area contributed by atoms with Gasteiger partial charge in [0.05, 0.1) is 17.1 Å². The first-order valence-electron chi connectivity index (χ1n) is 10.00. The molecule has 35 heavy (non-hydrogen) atoms. The summed E-state index contributed by atoms with van der Waals surface area (Å²) in [5.41, 5.74) is 4.30. The van der Waals surface area contributed by atoms with Crippen LogP contribution >= 0.6 is 34.8 Å². The third-order valence-electron chi connectivity index (χ3n) is 4.57. The van der Waals surface area contributed by atoms with E-state index in [1.54, 1.807) is 72.8 Å². The van der Waals surface area contributed by atoms with Gasteiger partial charge in [0.2, 0.25) is 5.84 Å². The van der Waals surface area contributed by atoms with Crippen molar-refractivity contribution in [2.75, 3.05) is 5.43 Å². The van der Waals surface area contributed by atoms with Gasteiger partial charge in [-0.05, 0) is 72.8 Å². The first-order chi connectivity index (χ1) is 16.9. The summed E-state index contributed by atoms with van der Waals surface area (Å²) < 4.78 is 1.41. The highest BCUT2D eigenvalue weighted by molar-refractivity contribution is 6.45. The number of benzene rings is 3. The highest BCUT2D eigenvalue weighted by Gasteiger charge is 2.23. The molecule has 0 spiro atoms. The molecule has 0 aliphatic heterocycles. The van der Waals surface area contributed by atoms with E-state index in [-0.39, 0.29) is 17.1 Å². The maximum atomic E-state index is 13.4. The van der Waals surface area contributed by atoms with Crippen molar-refractivity contribution in [3.05, 3.63) is 105 Å². The number of anilines is 1. The Morgan fingerprint density at radius 1 is 0.886 bits per heavy atom. The van der Waals surface area contributed by atoms with Crippen molar-refractivity contribution >= 4 is 57.8 Å². The number of Topliss-reactive ketones (excluding diaryl/α,β-unsaturated/α-hetero) is 1. The van der Waals surface area contributed by atoms with E-state index >= 15 is 0 Å². The predicted octanol–water partition coefficient (Wildman–Crippen LogP) is 7.10. The molecule has 4 aromatic rings. The number of rotatable bonds is 6. The van der Waals surface area contributed by atoms with Gasteiger partial charge in [-0.3, -0.25) is 10.2 Å². The molecule has 0 radical (unpaired) electrons. The Bertz CT molecular complexity index is 1450. The van der Waals surface area contributed by atoms with Gasteiger partial charge in [0, 0.05) is 21.3 Å². The second kappa shape index (κ2) is 10.9. The molecule has 1 heterocycles. The van der Waals surface area contributed by atoms with Gasteiger partial charge in [-0.1, -0.05) is 34.8 Å². The number of carbonyl (C=O) groups is 1. The van der Waals surface area contributed by atoms with Crippen molar-refractivity contribution in [2.45, 2.75) is 0 Å². The van der Waals surface area contributed by atoms with E-state index < -0.39 is 5.78 Å². The molecule has 172 valence electrons. The van der Waals surface area contributed by atoms with Crippen molar-refractivity contribution in [3.63, 3.8) is 0 Å². The van der Waals surface area contributed by atoms with Gasteiger partial charge >= 0.3 is 0 Å². The van der Waals surface area contributed by atoms with Crippen molar-refractivity contribution in [1.82, 2.24) is 9.78 Å². The Labute approximate surface area is 215 Å². The highest BCUT2D eigenvalue weighted by Crippen LogP contribution is 2.19. The first kappa shape index (κ1) is 24.1. The van der Waals surface area contributed by atoms with E-state index in [2.05, 4.69) is 25.9 Å². The van der Waals surface area contributed by atoms with E-state index in [9.17, 15) is 10.1 Å². The van der Waals surface area contributed by atoms with Crippen LogP contribution in [0.15, 0.2) is 94.3 Å². The van der Waals surface area contributed by atoms with E-state index in [0.29, 0.717) is 32.1 Å². The van der Waals surface area contributed by atoms with Gasteiger partial charge in [0.15, 0.2) is 5.69 Å². The molecule has 0 saturated heterocycles. The lowest BCUT2D eigenvalue weighted by molar-refractivity contribution is 0.105. The zero-order valence-electron chi connectivity index (χ0n) is 17.7. The minimum atomic E-state index is -0.701. The standard InChI is InChI=1S/C24H14Cl3N7O/c25-16-1-7-19(8-2-16)29-31-24(32-30-20-9-3-17(26)4-10-20)23(35)22-15(13-28)14-34(33-22)21-11-5-18(27)6-12-21/h1-12,14,29H/b31-24-,32-30?. The summed E-state index contributed by atoms with van der Waals surface area (Å²) >= 11 is 17.8. The Balaban J connectivity index is 1.70. The van der Waals surface area contributed by atoms with Crippen molar-refractivity contribution < 1.29 is 4.79 Å². The van der Waals surface area contributed by atoms with Gasteiger partial charge in [-0.25, -0.2) is 4.68 Å². The summed E-state index contributed by atoms with van der Waals surface area (Å²) in [6, 6.07) is 22.0. The molecule has 0 fully saturated rings. The number of carbonyl (C=O) groups excluding carboxylic acids is 1. The molecule has 0 aliphatic rings. The number of azo groups is 1. The van der Waals surface area contributed by atoms with Crippen LogP contribution in [0.3, 0.4) is 0 Å². The molecular weight excluding hydrogens is 509 g/mol. The smallest absolute Gasteiger partial charge is 0.255 e. The number of ketones is 1. The van der Waals surface area contributed by atoms with Crippen LogP contribution in [0.1, 0.15) is 16.1 Å². The van der Waals surface area contributed by atoms with Gasteiger partial charge in [-0.2, -0.15) is 10.4 Å². The van der Waals surface area contributed by atoms with Crippen LogP contribution in [0.4, 0.5) is 11.4 Å². The second-order valence-corrected chi connectivity index (χ2v) is 8.29. The van der Waals surface area contributed by atoms with Gasteiger partial charge in [0.25, 0.3) is 5.78 Å². The van der Waals surface area contributed by atoms with Crippen molar-refractivity contribution in [1.29, 1.82) is 5.26 Å². The fourth-order valence-electron chi connectivity index (χ4n) is 2.83. The van der Waals surface area contributed by atoms with E-state index in [1.807, 2.05) is 6.07 Å². The van der Waals surface area contributed by atoms with Crippen LogP contribution in [0.5, 0.6) is 0 Å². The number of aromatic nitrogens is 2. The molecule has 8 nitrogen and oxygen atoms in total. The third kappa shape index (κ3) is 6.11. The molecule has 4 rings (SSSR count). The molecule has 0 saturated carbocycles. The molecule has 0 amide bonds.